The molecule has 0 saturated carbocycles. The maximum atomic E-state index is 8.49. The van der Waals surface area contributed by atoms with Crippen LogP contribution in [0.3, 0.4) is 0 Å². The molecule has 0 aliphatic carbocycles. The molecule has 2 aromatic heterocycles. The molecular weight excluding hydrogens is 456 g/mol. The van der Waals surface area contributed by atoms with Crippen LogP contribution in [0.4, 0.5) is 5.69 Å². The number of hydrogen-bond donors (Lipinski definition) is 0. The van der Waals surface area contributed by atoms with Gasteiger partial charge in [-0.3, -0.25) is 0 Å². The van der Waals surface area contributed by atoms with Crippen molar-refractivity contribution in [1.82, 2.24) is 4.98 Å². The Labute approximate surface area is 190 Å². The SMILES string of the molecule is CN(C)c1ccc(-c2cc(-c3nccs3)s[c+](-c3ccccc3)c2)cc1.[O-][Cl+3]([O-])([O-])[O-]. The van der Waals surface area contributed by atoms with Gasteiger partial charge in [0.05, 0.1) is 5.56 Å². The minimum Gasteiger partial charge on any atom is -0.378 e. The maximum absolute atomic E-state index is 8.49. The molecule has 9 heteroatoms. The number of hydrogen-bond acceptors (Lipinski definition) is 8. The zero-order valence-electron chi connectivity index (χ0n) is 16.7. The van der Waals surface area contributed by atoms with E-state index in [2.05, 4.69) is 90.7 Å². The highest BCUT2D eigenvalue weighted by atomic mass is 35.7. The molecule has 0 atom stereocenters. The predicted octanol–water partition coefficient (Wildman–Crippen LogP) is 1.80. The molecule has 0 saturated heterocycles. The highest BCUT2D eigenvalue weighted by Gasteiger charge is 2.15. The normalized spacial score (nSPS) is 10.9. The van der Waals surface area contributed by atoms with Gasteiger partial charge in [-0.25, -0.2) is 23.6 Å². The van der Waals surface area contributed by atoms with E-state index < -0.39 is 10.2 Å². The van der Waals surface area contributed by atoms with Crippen LogP contribution in [0, 0.1) is 10.2 Å². The average Bonchev–Trinajstić information content (AvgIpc) is 3.28. The van der Waals surface area contributed by atoms with Crippen molar-refractivity contribution in [2.75, 3.05) is 19.0 Å². The Kier molecular flexibility index (Phi) is 7.69. The lowest BCUT2D eigenvalue weighted by Gasteiger charge is -2.17. The maximum Gasteiger partial charge on any atom is 0.167 e. The van der Waals surface area contributed by atoms with Crippen LogP contribution in [0.5, 0.6) is 0 Å². The van der Waals surface area contributed by atoms with Crippen LogP contribution in [0.15, 0.2) is 78.3 Å². The van der Waals surface area contributed by atoms with Gasteiger partial charge in [-0.1, -0.05) is 0 Å². The third kappa shape index (κ3) is 7.05. The lowest BCUT2D eigenvalue weighted by Crippen LogP contribution is -2.68. The van der Waals surface area contributed by atoms with E-state index in [4.69, 9.17) is 18.6 Å². The largest absolute Gasteiger partial charge is 0.378 e. The summed E-state index contributed by atoms with van der Waals surface area (Å²) in [6.45, 7) is 0. The van der Waals surface area contributed by atoms with Crippen LogP contribution in [0.2, 0.25) is 0 Å². The summed E-state index contributed by atoms with van der Waals surface area (Å²) in [4.78, 5) is 9.09. The minimum absolute atomic E-state index is 1.07. The predicted molar refractivity (Wildman–Crippen MR) is 115 cm³/mol. The summed E-state index contributed by atoms with van der Waals surface area (Å²) < 4.78 is 34.0. The van der Waals surface area contributed by atoms with Gasteiger partial charge in [0.15, 0.2) is 5.01 Å². The van der Waals surface area contributed by atoms with Gasteiger partial charge in [0.2, 0.25) is 0 Å². The van der Waals surface area contributed by atoms with Crippen LogP contribution in [0.25, 0.3) is 31.5 Å². The van der Waals surface area contributed by atoms with E-state index in [9.17, 15) is 0 Å². The van der Waals surface area contributed by atoms with E-state index in [-0.39, 0.29) is 0 Å². The second-order valence-corrected chi connectivity index (χ2v) is 9.33. The molecule has 160 valence electrons. The van der Waals surface area contributed by atoms with Gasteiger partial charge in [-0.2, -0.15) is 0 Å². The number of anilines is 1. The minimum atomic E-state index is -4.94. The molecule has 0 fully saturated rings. The molecule has 0 N–H and O–H groups in total. The van der Waals surface area contributed by atoms with Gasteiger partial charge < -0.3 is 4.90 Å². The van der Waals surface area contributed by atoms with Crippen LogP contribution in [0.1, 0.15) is 0 Å². The molecule has 4 rings (SSSR count). The smallest absolute Gasteiger partial charge is 0.167 e. The first-order chi connectivity index (χ1) is 14.7. The first-order valence-electron chi connectivity index (χ1n) is 9.04. The fourth-order valence-corrected chi connectivity index (χ4v) is 4.63. The van der Waals surface area contributed by atoms with Crippen molar-refractivity contribution in [3.8, 4) is 31.5 Å². The summed E-state index contributed by atoms with van der Waals surface area (Å²) in [5, 5.41) is 3.10. The summed E-state index contributed by atoms with van der Waals surface area (Å²) in [6.07, 6.45) is 1.87. The number of halogens is 1. The molecule has 2 aromatic carbocycles. The Morgan fingerprint density at radius 3 is 2.10 bits per heavy atom. The van der Waals surface area contributed by atoms with Gasteiger partial charge in [-0.05, 0) is 53.8 Å². The van der Waals surface area contributed by atoms with E-state index in [0.717, 1.165) is 5.01 Å². The highest BCUT2D eigenvalue weighted by Crippen LogP contribution is 2.38. The number of rotatable bonds is 4. The van der Waals surface area contributed by atoms with Crippen molar-refractivity contribution in [3.63, 3.8) is 0 Å². The molecule has 0 radical (unpaired) electrons. The van der Waals surface area contributed by atoms with Gasteiger partial charge in [0.25, 0.3) is 0 Å². The Bertz CT molecular complexity index is 1090. The van der Waals surface area contributed by atoms with Gasteiger partial charge >= 0.3 is 0 Å². The number of benzene rings is 2. The van der Waals surface area contributed by atoms with Crippen LogP contribution < -0.4 is 23.5 Å². The number of thiazole rings is 1. The Balaban J connectivity index is 0.000000491. The van der Waals surface area contributed by atoms with E-state index >= 15 is 0 Å². The fraction of sp³-hybridized carbons (Fsp3) is 0.0909. The lowest BCUT2D eigenvalue weighted by molar-refractivity contribution is -2.00. The summed E-state index contributed by atoms with van der Waals surface area (Å²) in [7, 11) is -0.819. The number of nitrogens with zero attached hydrogens (tertiary/aromatic N) is 2. The van der Waals surface area contributed by atoms with Crippen LogP contribution in [-0.4, -0.2) is 19.1 Å². The van der Waals surface area contributed by atoms with E-state index in [1.165, 1.54) is 32.1 Å². The molecule has 31 heavy (non-hydrogen) atoms. The van der Waals surface area contributed by atoms with Crippen LogP contribution in [-0.2, 0) is 0 Å². The molecule has 0 unspecified atom stereocenters. The first kappa shape index (κ1) is 23.2. The van der Waals surface area contributed by atoms with E-state index in [1.807, 2.05) is 11.6 Å². The van der Waals surface area contributed by atoms with Crippen LogP contribution >= 0.6 is 22.7 Å². The second kappa shape index (κ2) is 10.3. The topological polar surface area (TPSA) is 108 Å². The van der Waals surface area contributed by atoms with Gasteiger partial charge in [0, 0.05) is 66.8 Å². The molecule has 4 aromatic rings. The molecule has 0 amide bonds. The standard InChI is InChI=1S/C22H19N2S2.ClHO4/c1-24(2)19-10-8-16(9-11-19)18-14-20(17-6-4-3-5-7-17)26-21(15-18)22-23-12-13-25-22;2-1(3,4)5/h3-15H,1-2H3;(H,2,3,4,5)/q+1;/p-1. The molecule has 0 aliphatic heterocycles. The Morgan fingerprint density at radius 1 is 0.903 bits per heavy atom. The van der Waals surface area contributed by atoms with Crippen molar-refractivity contribution < 1.29 is 28.9 Å². The van der Waals surface area contributed by atoms with Crippen molar-refractivity contribution >= 4 is 28.4 Å². The summed E-state index contributed by atoms with van der Waals surface area (Å²) in [5.74, 6) is 0. The van der Waals surface area contributed by atoms with E-state index in [1.54, 1.807) is 22.7 Å². The molecule has 2 heterocycles. The van der Waals surface area contributed by atoms with Crippen molar-refractivity contribution in [2.24, 2.45) is 0 Å². The first-order valence-corrected chi connectivity index (χ1v) is 12.0. The van der Waals surface area contributed by atoms with Crippen molar-refractivity contribution in [2.45, 2.75) is 0 Å². The zero-order valence-corrected chi connectivity index (χ0v) is 19.1. The fourth-order valence-electron chi connectivity index (χ4n) is 2.82. The summed E-state index contributed by atoms with van der Waals surface area (Å²) in [5.41, 5.74) is 4.88. The average molecular weight is 475 g/mol. The summed E-state index contributed by atoms with van der Waals surface area (Å²) >= 11 is 3.47. The van der Waals surface area contributed by atoms with Gasteiger partial charge in [-0.15, -0.1) is 21.6 Å². The number of aromatic nitrogens is 1. The zero-order chi connectivity index (χ0) is 22.4. The second-order valence-electron chi connectivity index (χ2n) is 6.60. The Morgan fingerprint density at radius 2 is 1.55 bits per heavy atom. The molecular formula is C22H19ClN2O4S2. The van der Waals surface area contributed by atoms with Gasteiger partial charge in [0.1, 0.15) is 9.75 Å². The Hall–Kier alpha value is -2.43. The lowest BCUT2D eigenvalue weighted by atomic mass is 10.0. The molecule has 0 spiro atoms. The van der Waals surface area contributed by atoms with Crippen molar-refractivity contribution in [1.29, 1.82) is 0 Å². The third-order valence-corrected chi connectivity index (χ3v) is 6.25. The third-order valence-electron chi connectivity index (χ3n) is 4.21. The quantitative estimate of drug-likeness (QED) is 0.417. The monoisotopic (exact) mass is 474 g/mol. The van der Waals surface area contributed by atoms with E-state index in [0.29, 0.717) is 0 Å². The molecule has 0 bridgehead atoms. The molecule has 0 aliphatic rings. The summed E-state index contributed by atoms with van der Waals surface area (Å²) in [6, 6.07) is 23.8. The molecule has 6 nitrogen and oxygen atoms in total. The highest BCUT2D eigenvalue weighted by molar-refractivity contribution is 7.22. The van der Waals surface area contributed by atoms with Crippen molar-refractivity contribution in [3.05, 3.63) is 78.3 Å².